The summed E-state index contributed by atoms with van der Waals surface area (Å²) in [5.74, 6) is 1.25. The highest BCUT2D eigenvalue weighted by atomic mass is 32.2. The minimum Gasteiger partial charge on any atom is -0.463 e. The van der Waals surface area contributed by atoms with Crippen LogP contribution in [0.25, 0.3) is 11.5 Å². The zero-order chi connectivity index (χ0) is 15.5. The molecule has 1 aliphatic heterocycles. The van der Waals surface area contributed by atoms with Crippen LogP contribution in [0, 0.1) is 11.3 Å². The summed E-state index contributed by atoms with van der Waals surface area (Å²) in [5, 5.41) is 9.98. The van der Waals surface area contributed by atoms with E-state index in [1.54, 1.807) is 16.7 Å². The Bertz CT molecular complexity index is 761. The molecule has 3 heterocycles. The summed E-state index contributed by atoms with van der Waals surface area (Å²) in [5.41, 5.74) is 0.0718. The van der Waals surface area contributed by atoms with Gasteiger partial charge in [-0.15, -0.1) is 0 Å². The molecule has 2 aromatic heterocycles. The van der Waals surface area contributed by atoms with E-state index < -0.39 is 0 Å². The number of thioether (sulfide) groups is 1. The van der Waals surface area contributed by atoms with Crippen molar-refractivity contribution in [2.45, 2.75) is 31.6 Å². The molecule has 2 aromatic rings. The average Bonchev–Trinajstić information content (AvgIpc) is 3.07. The Labute approximate surface area is 132 Å². The zero-order valence-corrected chi connectivity index (χ0v) is 13.1. The van der Waals surface area contributed by atoms with Gasteiger partial charge in [-0.1, -0.05) is 25.1 Å². The van der Waals surface area contributed by atoms with E-state index in [-0.39, 0.29) is 11.1 Å². The van der Waals surface area contributed by atoms with Gasteiger partial charge in [0.2, 0.25) is 0 Å². The van der Waals surface area contributed by atoms with Gasteiger partial charge in [-0.3, -0.25) is 14.3 Å². The van der Waals surface area contributed by atoms with Crippen LogP contribution in [-0.4, -0.2) is 26.9 Å². The van der Waals surface area contributed by atoms with Gasteiger partial charge in [0.15, 0.2) is 10.9 Å². The van der Waals surface area contributed by atoms with Gasteiger partial charge in [-0.05, 0) is 18.6 Å². The number of rotatable bonds is 4. The van der Waals surface area contributed by atoms with Gasteiger partial charge >= 0.3 is 0 Å². The van der Waals surface area contributed by atoms with Crippen molar-refractivity contribution in [2.75, 3.05) is 12.4 Å². The molecule has 6 nitrogen and oxygen atoms in total. The predicted molar refractivity (Wildman–Crippen MR) is 83.3 cm³/mol. The molecule has 0 spiro atoms. The molecule has 0 saturated carbocycles. The Morgan fingerprint density at radius 1 is 1.55 bits per heavy atom. The SMILES string of the molecule is CCCCN1CSc2nc(-c3ccco3)c(C#N)c(=O)n2C1. The molecular formula is C15H16N4O2S. The fraction of sp³-hybridized carbons (Fsp3) is 0.400. The number of hydrogen-bond donors (Lipinski definition) is 0. The van der Waals surface area contributed by atoms with Crippen LogP contribution in [0.15, 0.2) is 32.8 Å². The van der Waals surface area contributed by atoms with Crippen LogP contribution in [0.2, 0.25) is 0 Å². The van der Waals surface area contributed by atoms with Crippen LogP contribution in [0.5, 0.6) is 0 Å². The summed E-state index contributed by atoms with van der Waals surface area (Å²) in [7, 11) is 0. The lowest BCUT2D eigenvalue weighted by molar-refractivity contribution is 0.227. The van der Waals surface area contributed by atoms with E-state index >= 15 is 0 Å². The number of fused-ring (bicyclic) bond motifs is 1. The first kappa shape index (κ1) is 14.9. The van der Waals surface area contributed by atoms with Crippen LogP contribution < -0.4 is 5.56 Å². The van der Waals surface area contributed by atoms with Gasteiger partial charge in [-0.2, -0.15) is 5.26 Å². The monoisotopic (exact) mass is 316 g/mol. The van der Waals surface area contributed by atoms with Gasteiger partial charge in [0.25, 0.3) is 5.56 Å². The highest BCUT2D eigenvalue weighted by molar-refractivity contribution is 7.99. The normalized spacial score (nSPS) is 14.5. The molecule has 0 aromatic carbocycles. The summed E-state index contributed by atoms with van der Waals surface area (Å²) in [6.45, 7) is 3.57. The quantitative estimate of drug-likeness (QED) is 0.807. The van der Waals surface area contributed by atoms with Crippen molar-refractivity contribution in [2.24, 2.45) is 0 Å². The van der Waals surface area contributed by atoms with E-state index in [2.05, 4.69) is 16.8 Å². The summed E-state index contributed by atoms with van der Waals surface area (Å²) >= 11 is 1.52. The van der Waals surface area contributed by atoms with E-state index in [4.69, 9.17) is 4.42 Å². The first-order valence-electron chi connectivity index (χ1n) is 7.18. The number of unbranched alkanes of at least 4 members (excludes halogenated alkanes) is 1. The van der Waals surface area contributed by atoms with Crippen molar-refractivity contribution in [3.05, 3.63) is 34.3 Å². The molecule has 0 unspecified atom stereocenters. The van der Waals surface area contributed by atoms with Gasteiger partial charge < -0.3 is 4.42 Å². The van der Waals surface area contributed by atoms with Crippen molar-refractivity contribution >= 4 is 11.8 Å². The van der Waals surface area contributed by atoms with E-state index in [0.29, 0.717) is 23.3 Å². The third-order valence-corrected chi connectivity index (χ3v) is 4.61. The predicted octanol–water partition coefficient (Wildman–Crippen LogP) is 2.50. The highest BCUT2D eigenvalue weighted by Crippen LogP contribution is 2.27. The Hall–Kier alpha value is -2.04. The standard InChI is InChI=1S/C15H16N4O2S/c1-2-3-6-18-9-19-14(20)11(8-16)13(12-5-4-7-21-12)17-15(19)22-10-18/h4-5,7H,2-3,6,9-10H2,1H3. The maximum absolute atomic E-state index is 12.6. The minimum atomic E-state index is -0.299. The van der Waals surface area contributed by atoms with Crippen molar-refractivity contribution in [1.82, 2.24) is 14.5 Å². The number of hydrogen-bond acceptors (Lipinski definition) is 6. The van der Waals surface area contributed by atoms with Gasteiger partial charge in [0.05, 0.1) is 18.8 Å². The van der Waals surface area contributed by atoms with Crippen LogP contribution >= 0.6 is 11.8 Å². The zero-order valence-electron chi connectivity index (χ0n) is 12.3. The van der Waals surface area contributed by atoms with Crippen LogP contribution in [0.1, 0.15) is 25.3 Å². The summed E-state index contributed by atoms with van der Waals surface area (Å²) < 4.78 is 6.88. The summed E-state index contributed by atoms with van der Waals surface area (Å²) in [6, 6.07) is 5.40. The fourth-order valence-corrected chi connectivity index (χ4v) is 3.33. The molecule has 0 saturated heterocycles. The number of nitrogens with zero attached hydrogens (tertiary/aromatic N) is 4. The van der Waals surface area contributed by atoms with Gasteiger partial charge in [0.1, 0.15) is 17.3 Å². The smallest absolute Gasteiger partial charge is 0.273 e. The summed E-state index contributed by atoms with van der Waals surface area (Å²) in [4.78, 5) is 19.3. The topological polar surface area (TPSA) is 75.1 Å². The molecule has 0 aliphatic carbocycles. The number of furan rings is 1. The molecular weight excluding hydrogens is 300 g/mol. The summed E-state index contributed by atoms with van der Waals surface area (Å²) in [6.07, 6.45) is 3.71. The maximum atomic E-state index is 12.6. The molecule has 0 atom stereocenters. The molecule has 114 valence electrons. The third-order valence-electron chi connectivity index (χ3n) is 3.55. The fourth-order valence-electron chi connectivity index (χ4n) is 2.37. The van der Waals surface area contributed by atoms with E-state index in [1.807, 2.05) is 6.07 Å². The lowest BCUT2D eigenvalue weighted by Crippen LogP contribution is -2.39. The number of nitriles is 1. The van der Waals surface area contributed by atoms with Crippen molar-refractivity contribution in [3.8, 4) is 17.5 Å². The van der Waals surface area contributed by atoms with E-state index in [9.17, 15) is 10.1 Å². The van der Waals surface area contributed by atoms with Crippen LogP contribution in [0.4, 0.5) is 0 Å². The Morgan fingerprint density at radius 3 is 3.09 bits per heavy atom. The van der Waals surface area contributed by atoms with Crippen molar-refractivity contribution < 1.29 is 4.42 Å². The highest BCUT2D eigenvalue weighted by Gasteiger charge is 2.24. The molecule has 3 rings (SSSR count). The number of aromatic nitrogens is 2. The van der Waals surface area contributed by atoms with Crippen molar-refractivity contribution in [3.63, 3.8) is 0 Å². The van der Waals surface area contributed by atoms with Crippen LogP contribution in [-0.2, 0) is 6.67 Å². The van der Waals surface area contributed by atoms with Crippen LogP contribution in [0.3, 0.4) is 0 Å². The molecule has 0 bridgehead atoms. The second kappa shape index (κ2) is 6.38. The second-order valence-electron chi connectivity index (χ2n) is 5.10. The van der Waals surface area contributed by atoms with Crippen molar-refractivity contribution in [1.29, 1.82) is 5.26 Å². The Kier molecular flexibility index (Phi) is 4.32. The average molecular weight is 316 g/mol. The first-order chi connectivity index (χ1) is 10.7. The molecule has 22 heavy (non-hydrogen) atoms. The van der Waals surface area contributed by atoms with Gasteiger partial charge in [0, 0.05) is 6.54 Å². The lowest BCUT2D eigenvalue weighted by Gasteiger charge is -2.28. The molecule has 0 radical (unpaired) electrons. The largest absolute Gasteiger partial charge is 0.463 e. The molecule has 0 fully saturated rings. The van der Waals surface area contributed by atoms with Gasteiger partial charge in [-0.25, -0.2) is 4.98 Å². The Morgan fingerprint density at radius 2 is 2.41 bits per heavy atom. The Balaban J connectivity index is 2.02. The maximum Gasteiger partial charge on any atom is 0.273 e. The molecule has 0 amide bonds. The van der Waals surface area contributed by atoms with E-state index in [0.717, 1.165) is 25.3 Å². The lowest BCUT2D eigenvalue weighted by atomic mass is 10.2. The second-order valence-corrected chi connectivity index (χ2v) is 6.02. The third kappa shape index (κ3) is 2.67. The van der Waals surface area contributed by atoms with E-state index in [1.165, 1.54) is 18.0 Å². The molecule has 1 aliphatic rings. The molecule has 7 heteroatoms. The molecule has 0 N–H and O–H groups in total. The minimum absolute atomic E-state index is 0.0386. The first-order valence-corrected chi connectivity index (χ1v) is 8.17.